The van der Waals surface area contributed by atoms with Gasteiger partial charge in [0, 0.05) is 21.4 Å². The van der Waals surface area contributed by atoms with Crippen LogP contribution in [0, 0.1) is 0 Å². The van der Waals surface area contributed by atoms with Crippen LogP contribution in [0.3, 0.4) is 0 Å². The van der Waals surface area contributed by atoms with Gasteiger partial charge in [0.15, 0.2) is 0 Å². The number of pyridine rings is 1. The third-order valence-electron chi connectivity index (χ3n) is 4.25. The number of rotatable bonds is 2. The van der Waals surface area contributed by atoms with Gasteiger partial charge in [-0.3, -0.25) is 0 Å². The molecule has 3 aromatic carbocycles. The number of methoxy groups -OCH3 is 1. The zero-order valence-corrected chi connectivity index (χ0v) is 14.2. The summed E-state index contributed by atoms with van der Waals surface area (Å²) in [6.07, 6.45) is 0. The molecule has 4 aromatic rings. The van der Waals surface area contributed by atoms with Crippen molar-refractivity contribution in [3.63, 3.8) is 0 Å². The van der Waals surface area contributed by atoms with Crippen molar-refractivity contribution in [1.29, 1.82) is 0 Å². The average molecular weight is 348 g/mol. The van der Waals surface area contributed by atoms with Crippen LogP contribution >= 0.6 is 11.6 Å². The molecule has 1 aromatic heterocycles. The normalized spacial score (nSPS) is 11.0. The lowest BCUT2D eigenvalue weighted by molar-refractivity contribution is 0.0603. The molecule has 0 spiro atoms. The third kappa shape index (κ3) is 2.63. The SMILES string of the molecule is COC(=O)c1cccc2c1nc(-c1ccc(Cl)cc1)c1ccccc12. The van der Waals surface area contributed by atoms with Crippen LogP contribution in [0.25, 0.3) is 32.9 Å². The summed E-state index contributed by atoms with van der Waals surface area (Å²) in [6.45, 7) is 0. The minimum Gasteiger partial charge on any atom is -0.465 e. The topological polar surface area (TPSA) is 39.2 Å². The standard InChI is InChI=1S/C21H14ClNO2/c1-25-21(24)18-8-4-7-17-15-5-2-3-6-16(15)19(23-20(17)18)13-9-11-14(22)12-10-13/h2-12H,1H3. The van der Waals surface area contributed by atoms with E-state index in [-0.39, 0.29) is 0 Å². The Morgan fingerprint density at radius 3 is 2.28 bits per heavy atom. The van der Waals surface area contributed by atoms with Crippen LogP contribution in [0.2, 0.25) is 5.02 Å². The average Bonchev–Trinajstić information content (AvgIpc) is 2.67. The van der Waals surface area contributed by atoms with Gasteiger partial charge < -0.3 is 4.74 Å². The molecule has 0 aliphatic carbocycles. The number of hydrogen-bond donors (Lipinski definition) is 0. The summed E-state index contributed by atoms with van der Waals surface area (Å²) in [7, 11) is 1.38. The predicted molar refractivity (Wildman–Crippen MR) is 101 cm³/mol. The van der Waals surface area contributed by atoms with Crippen LogP contribution in [0.4, 0.5) is 0 Å². The van der Waals surface area contributed by atoms with E-state index in [1.807, 2.05) is 60.7 Å². The summed E-state index contributed by atoms with van der Waals surface area (Å²) >= 11 is 6.02. The number of carbonyl (C=O) groups excluding carboxylic acids is 1. The molecule has 0 amide bonds. The fraction of sp³-hybridized carbons (Fsp3) is 0.0476. The van der Waals surface area contributed by atoms with Crippen molar-refractivity contribution in [3.05, 3.63) is 77.3 Å². The van der Waals surface area contributed by atoms with E-state index in [2.05, 4.69) is 0 Å². The number of para-hydroxylation sites is 1. The smallest absolute Gasteiger partial charge is 0.340 e. The summed E-state index contributed by atoms with van der Waals surface area (Å²) in [4.78, 5) is 17.0. The number of benzene rings is 3. The van der Waals surface area contributed by atoms with Gasteiger partial charge in [-0.2, -0.15) is 0 Å². The van der Waals surface area contributed by atoms with E-state index in [4.69, 9.17) is 21.3 Å². The fourth-order valence-corrected chi connectivity index (χ4v) is 3.21. The monoisotopic (exact) mass is 347 g/mol. The summed E-state index contributed by atoms with van der Waals surface area (Å²) in [5.74, 6) is -0.393. The van der Waals surface area contributed by atoms with Gasteiger partial charge in [-0.15, -0.1) is 0 Å². The zero-order valence-electron chi connectivity index (χ0n) is 13.5. The number of nitrogens with zero attached hydrogens (tertiary/aromatic N) is 1. The Morgan fingerprint density at radius 1 is 0.880 bits per heavy atom. The van der Waals surface area contributed by atoms with E-state index in [1.165, 1.54) is 7.11 Å². The summed E-state index contributed by atoms with van der Waals surface area (Å²) in [5.41, 5.74) is 2.86. The zero-order chi connectivity index (χ0) is 17.4. The van der Waals surface area contributed by atoms with Gasteiger partial charge in [0.25, 0.3) is 0 Å². The molecule has 1 heterocycles. The van der Waals surface area contributed by atoms with Crippen LogP contribution in [0.1, 0.15) is 10.4 Å². The highest BCUT2D eigenvalue weighted by Crippen LogP contribution is 2.34. The maximum absolute atomic E-state index is 12.2. The highest BCUT2D eigenvalue weighted by atomic mass is 35.5. The Morgan fingerprint density at radius 2 is 1.56 bits per heavy atom. The Balaban J connectivity index is 2.14. The first-order valence-electron chi connectivity index (χ1n) is 7.85. The number of hydrogen-bond acceptors (Lipinski definition) is 3. The van der Waals surface area contributed by atoms with Gasteiger partial charge >= 0.3 is 5.97 Å². The predicted octanol–water partition coefficient (Wildman–Crippen LogP) is 5.50. The molecule has 4 rings (SSSR count). The first kappa shape index (κ1) is 15.6. The van der Waals surface area contributed by atoms with Gasteiger partial charge in [0.2, 0.25) is 0 Å². The molecule has 0 radical (unpaired) electrons. The highest BCUT2D eigenvalue weighted by Gasteiger charge is 2.16. The van der Waals surface area contributed by atoms with Gasteiger partial charge in [-0.05, 0) is 23.6 Å². The van der Waals surface area contributed by atoms with Crippen LogP contribution in [-0.4, -0.2) is 18.1 Å². The Labute approximate surface area is 149 Å². The highest BCUT2D eigenvalue weighted by molar-refractivity contribution is 6.30. The van der Waals surface area contributed by atoms with Crippen LogP contribution in [-0.2, 0) is 4.74 Å². The number of aromatic nitrogens is 1. The molecular weight excluding hydrogens is 334 g/mol. The third-order valence-corrected chi connectivity index (χ3v) is 4.51. The van der Waals surface area contributed by atoms with E-state index in [9.17, 15) is 4.79 Å². The molecule has 122 valence electrons. The first-order chi connectivity index (χ1) is 12.2. The Hall–Kier alpha value is -2.91. The maximum atomic E-state index is 12.2. The number of fused-ring (bicyclic) bond motifs is 3. The summed E-state index contributed by atoms with van der Waals surface area (Å²) < 4.78 is 4.92. The second-order valence-corrected chi connectivity index (χ2v) is 6.14. The Bertz CT molecular complexity index is 1100. The molecule has 3 nitrogen and oxygen atoms in total. The molecule has 0 bridgehead atoms. The van der Waals surface area contributed by atoms with E-state index in [0.717, 1.165) is 27.4 Å². The molecule has 25 heavy (non-hydrogen) atoms. The van der Waals surface area contributed by atoms with E-state index < -0.39 is 5.97 Å². The molecule has 0 N–H and O–H groups in total. The maximum Gasteiger partial charge on any atom is 0.340 e. The number of halogens is 1. The van der Waals surface area contributed by atoms with Crippen molar-refractivity contribution in [2.24, 2.45) is 0 Å². The largest absolute Gasteiger partial charge is 0.465 e. The summed E-state index contributed by atoms with van der Waals surface area (Å²) in [5, 5.41) is 3.67. The van der Waals surface area contributed by atoms with E-state index in [0.29, 0.717) is 16.1 Å². The van der Waals surface area contributed by atoms with Crippen molar-refractivity contribution < 1.29 is 9.53 Å². The number of carbonyl (C=O) groups is 1. The molecule has 0 saturated carbocycles. The fourth-order valence-electron chi connectivity index (χ4n) is 3.08. The van der Waals surface area contributed by atoms with Crippen LogP contribution in [0.15, 0.2) is 66.7 Å². The van der Waals surface area contributed by atoms with Gasteiger partial charge in [0.1, 0.15) is 0 Å². The molecule has 4 heteroatoms. The molecule has 0 aliphatic heterocycles. The van der Waals surface area contributed by atoms with E-state index in [1.54, 1.807) is 6.07 Å². The van der Waals surface area contributed by atoms with Crippen LogP contribution < -0.4 is 0 Å². The number of ether oxygens (including phenoxy) is 1. The number of esters is 1. The molecule has 0 saturated heterocycles. The second kappa shape index (κ2) is 6.19. The van der Waals surface area contributed by atoms with Crippen LogP contribution in [0.5, 0.6) is 0 Å². The molecular formula is C21H14ClNO2. The van der Waals surface area contributed by atoms with Crippen molar-refractivity contribution in [3.8, 4) is 11.3 Å². The lowest BCUT2D eigenvalue weighted by Crippen LogP contribution is -2.03. The van der Waals surface area contributed by atoms with Crippen molar-refractivity contribution >= 4 is 39.2 Å². The minimum absolute atomic E-state index is 0.393. The van der Waals surface area contributed by atoms with Crippen molar-refractivity contribution in [2.45, 2.75) is 0 Å². The lowest BCUT2D eigenvalue weighted by Gasteiger charge is -2.12. The molecule has 0 fully saturated rings. The Kier molecular flexibility index (Phi) is 3.86. The minimum atomic E-state index is -0.393. The lowest BCUT2D eigenvalue weighted by atomic mass is 9.98. The second-order valence-electron chi connectivity index (χ2n) is 5.71. The van der Waals surface area contributed by atoms with E-state index >= 15 is 0 Å². The molecule has 0 aliphatic rings. The first-order valence-corrected chi connectivity index (χ1v) is 8.22. The molecule has 0 unspecified atom stereocenters. The molecule has 0 atom stereocenters. The summed E-state index contributed by atoms with van der Waals surface area (Å²) in [6, 6.07) is 21.2. The van der Waals surface area contributed by atoms with Gasteiger partial charge in [-0.25, -0.2) is 9.78 Å². The van der Waals surface area contributed by atoms with Crippen molar-refractivity contribution in [2.75, 3.05) is 7.11 Å². The quantitative estimate of drug-likeness (QED) is 0.355. The van der Waals surface area contributed by atoms with Gasteiger partial charge in [-0.1, -0.05) is 60.1 Å². The van der Waals surface area contributed by atoms with Crippen molar-refractivity contribution in [1.82, 2.24) is 4.98 Å². The van der Waals surface area contributed by atoms with Gasteiger partial charge in [0.05, 0.1) is 23.9 Å².